The highest BCUT2D eigenvalue weighted by Crippen LogP contribution is 2.30. The fraction of sp³-hybridized carbons (Fsp3) is 0.538. The summed E-state index contributed by atoms with van der Waals surface area (Å²) in [6.45, 7) is 3.15. The van der Waals surface area contributed by atoms with Crippen LogP contribution in [0.15, 0.2) is 18.2 Å². The summed E-state index contributed by atoms with van der Waals surface area (Å²) in [5.74, 6) is 1.44. The summed E-state index contributed by atoms with van der Waals surface area (Å²) < 4.78 is 11.2. The van der Waals surface area contributed by atoms with Gasteiger partial charge in [0.25, 0.3) is 0 Å². The summed E-state index contributed by atoms with van der Waals surface area (Å²) in [7, 11) is 1.64. The number of anilines is 1. The number of benzene rings is 1. The van der Waals surface area contributed by atoms with Crippen molar-refractivity contribution in [2.75, 3.05) is 19.4 Å². The average Bonchev–Trinajstić information content (AvgIpc) is 2.83. The van der Waals surface area contributed by atoms with Crippen LogP contribution < -0.4 is 20.5 Å². The number of ether oxygens (including phenoxy) is 2. The molecule has 0 saturated carbocycles. The lowest BCUT2D eigenvalue weighted by molar-refractivity contribution is 0.173. The van der Waals surface area contributed by atoms with Crippen LogP contribution in [0.1, 0.15) is 19.8 Å². The first-order valence-electron chi connectivity index (χ1n) is 6.04. The van der Waals surface area contributed by atoms with Crippen LogP contribution in [0.5, 0.6) is 11.5 Å². The van der Waals surface area contributed by atoms with Crippen molar-refractivity contribution in [2.45, 2.75) is 31.9 Å². The van der Waals surface area contributed by atoms with Crippen molar-refractivity contribution in [2.24, 2.45) is 0 Å². The quantitative estimate of drug-likeness (QED) is 0.783. The van der Waals surface area contributed by atoms with Gasteiger partial charge < -0.3 is 20.5 Å². The van der Waals surface area contributed by atoms with Gasteiger partial charge in [-0.1, -0.05) is 0 Å². The molecule has 1 fully saturated rings. The molecule has 4 heteroatoms. The second kappa shape index (κ2) is 5.27. The van der Waals surface area contributed by atoms with Gasteiger partial charge in [-0.25, -0.2) is 0 Å². The number of nitrogens with two attached hydrogens (primary N) is 1. The zero-order chi connectivity index (χ0) is 12.3. The molecule has 1 aromatic rings. The summed E-state index contributed by atoms with van der Waals surface area (Å²) in [4.78, 5) is 0. The minimum atomic E-state index is 0.119. The molecule has 0 bridgehead atoms. The molecule has 3 N–H and O–H groups in total. The minimum Gasteiger partial charge on any atom is -0.493 e. The topological polar surface area (TPSA) is 56.5 Å². The first-order chi connectivity index (χ1) is 8.20. The molecule has 1 saturated heterocycles. The van der Waals surface area contributed by atoms with Gasteiger partial charge in [0, 0.05) is 17.8 Å². The molecule has 0 spiro atoms. The molecule has 1 heterocycles. The molecule has 1 unspecified atom stereocenters. The van der Waals surface area contributed by atoms with Gasteiger partial charge in [0.1, 0.15) is 6.10 Å². The monoisotopic (exact) mass is 236 g/mol. The van der Waals surface area contributed by atoms with Gasteiger partial charge in [0.15, 0.2) is 11.5 Å². The van der Waals surface area contributed by atoms with Crippen LogP contribution >= 0.6 is 0 Å². The third-order valence-corrected chi connectivity index (χ3v) is 3.17. The zero-order valence-electron chi connectivity index (χ0n) is 10.4. The summed E-state index contributed by atoms with van der Waals surface area (Å²) in [6.07, 6.45) is 2.49. The van der Waals surface area contributed by atoms with Crippen LogP contribution in [0.2, 0.25) is 0 Å². The Hall–Kier alpha value is -1.42. The van der Waals surface area contributed by atoms with E-state index in [9.17, 15) is 0 Å². The largest absolute Gasteiger partial charge is 0.493 e. The Kier molecular flexibility index (Phi) is 3.74. The lowest BCUT2D eigenvalue weighted by Gasteiger charge is -2.22. The highest BCUT2D eigenvalue weighted by molar-refractivity contribution is 5.52. The predicted molar refractivity (Wildman–Crippen MR) is 68.5 cm³/mol. The van der Waals surface area contributed by atoms with Crippen LogP contribution in [-0.2, 0) is 0 Å². The molecular weight excluding hydrogens is 216 g/mol. The molecule has 0 aromatic heterocycles. The smallest absolute Gasteiger partial charge is 0.163 e. The SMILES string of the molecule is COc1ccc(N)cc1O[C@@H](C)C1CCCN1. The Morgan fingerprint density at radius 3 is 2.88 bits per heavy atom. The van der Waals surface area contributed by atoms with Gasteiger partial charge in [0.2, 0.25) is 0 Å². The van der Waals surface area contributed by atoms with Gasteiger partial charge in [-0.05, 0) is 38.4 Å². The molecule has 1 aromatic carbocycles. The van der Waals surface area contributed by atoms with E-state index in [1.807, 2.05) is 18.2 Å². The van der Waals surface area contributed by atoms with Gasteiger partial charge >= 0.3 is 0 Å². The Bertz CT molecular complexity index is 376. The third kappa shape index (κ3) is 2.82. The van der Waals surface area contributed by atoms with Gasteiger partial charge in [-0.15, -0.1) is 0 Å². The van der Waals surface area contributed by atoms with Crippen molar-refractivity contribution in [3.05, 3.63) is 18.2 Å². The van der Waals surface area contributed by atoms with Crippen molar-refractivity contribution < 1.29 is 9.47 Å². The first kappa shape index (κ1) is 12.0. The molecule has 4 nitrogen and oxygen atoms in total. The van der Waals surface area contributed by atoms with E-state index >= 15 is 0 Å². The standard InChI is InChI=1S/C13H20N2O2/c1-9(11-4-3-7-15-11)17-13-8-10(14)5-6-12(13)16-2/h5-6,8-9,11,15H,3-4,7,14H2,1-2H3/t9-,11?/m0/s1. The Labute approximate surface area is 102 Å². The van der Waals surface area contributed by atoms with E-state index in [0.29, 0.717) is 17.5 Å². The first-order valence-corrected chi connectivity index (χ1v) is 6.04. The highest BCUT2D eigenvalue weighted by Gasteiger charge is 2.23. The third-order valence-electron chi connectivity index (χ3n) is 3.17. The van der Waals surface area contributed by atoms with Crippen molar-refractivity contribution in [3.63, 3.8) is 0 Å². The maximum atomic E-state index is 5.93. The van der Waals surface area contributed by atoms with Crippen molar-refractivity contribution in [1.82, 2.24) is 5.32 Å². The maximum absolute atomic E-state index is 5.93. The van der Waals surface area contributed by atoms with Crippen LogP contribution in [0.25, 0.3) is 0 Å². The second-order valence-electron chi connectivity index (χ2n) is 4.44. The lowest BCUT2D eigenvalue weighted by Crippen LogP contribution is -2.36. The van der Waals surface area contributed by atoms with E-state index in [1.54, 1.807) is 7.11 Å². The summed E-state index contributed by atoms with van der Waals surface area (Å²) >= 11 is 0. The van der Waals surface area contributed by atoms with E-state index < -0.39 is 0 Å². The number of methoxy groups -OCH3 is 1. The zero-order valence-corrected chi connectivity index (χ0v) is 10.4. The Morgan fingerprint density at radius 2 is 2.24 bits per heavy atom. The Balaban J connectivity index is 2.08. The lowest BCUT2D eigenvalue weighted by atomic mass is 10.1. The van der Waals surface area contributed by atoms with Gasteiger partial charge in [-0.2, -0.15) is 0 Å². The van der Waals surface area contributed by atoms with Crippen LogP contribution in [0.4, 0.5) is 5.69 Å². The summed E-state index contributed by atoms with van der Waals surface area (Å²) in [5.41, 5.74) is 6.45. The number of hydrogen-bond donors (Lipinski definition) is 2. The maximum Gasteiger partial charge on any atom is 0.163 e. The minimum absolute atomic E-state index is 0.119. The second-order valence-corrected chi connectivity index (χ2v) is 4.44. The van der Waals surface area contributed by atoms with Gasteiger partial charge in [0.05, 0.1) is 7.11 Å². The number of hydrogen-bond acceptors (Lipinski definition) is 4. The van der Waals surface area contributed by atoms with E-state index in [2.05, 4.69) is 12.2 Å². The van der Waals surface area contributed by atoms with Crippen LogP contribution in [0.3, 0.4) is 0 Å². The molecular formula is C13H20N2O2. The summed E-state index contributed by atoms with van der Waals surface area (Å²) in [5, 5.41) is 3.43. The van der Waals surface area contributed by atoms with Crippen LogP contribution in [0, 0.1) is 0 Å². The fourth-order valence-corrected chi connectivity index (χ4v) is 2.18. The molecule has 17 heavy (non-hydrogen) atoms. The predicted octanol–water partition coefficient (Wildman–Crippen LogP) is 1.80. The molecule has 0 aliphatic carbocycles. The fourth-order valence-electron chi connectivity index (χ4n) is 2.18. The van der Waals surface area contributed by atoms with E-state index in [4.69, 9.17) is 15.2 Å². The van der Waals surface area contributed by atoms with Gasteiger partial charge in [-0.3, -0.25) is 0 Å². The molecule has 0 radical (unpaired) electrons. The molecule has 2 rings (SSSR count). The van der Waals surface area contributed by atoms with Crippen molar-refractivity contribution in [3.8, 4) is 11.5 Å². The average molecular weight is 236 g/mol. The number of rotatable bonds is 4. The molecule has 0 amide bonds. The van der Waals surface area contributed by atoms with Crippen molar-refractivity contribution >= 4 is 5.69 Å². The number of nitrogen functional groups attached to an aromatic ring is 1. The Morgan fingerprint density at radius 1 is 1.41 bits per heavy atom. The molecule has 2 atom stereocenters. The highest BCUT2D eigenvalue weighted by atomic mass is 16.5. The van der Waals surface area contributed by atoms with E-state index in [0.717, 1.165) is 18.7 Å². The van der Waals surface area contributed by atoms with Crippen molar-refractivity contribution in [1.29, 1.82) is 0 Å². The van der Waals surface area contributed by atoms with Crippen LogP contribution in [-0.4, -0.2) is 25.8 Å². The molecule has 1 aliphatic heterocycles. The van der Waals surface area contributed by atoms with E-state index in [1.165, 1.54) is 6.42 Å². The van der Waals surface area contributed by atoms with E-state index in [-0.39, 0.29) is 6.10 Å². The number of nitrogens with one attached hydrogen (secondary N) is 1. The normalized spacial score (nSPS) is 21.2. The molecule has 1 aliphatic rings. The summed E-state index contributed by atoms with van der Waals surface area (Å²) in [6, 6.07) is 5.87. The molecule has 94 valence electrons.